The largest absolute Gasteiger partial charge is 0.369 e. The van der Waals surface area contributed by atoms with Crippen molar-refractivity contribution in [3.8, 4) is 0 Å². The SMILES string of the molecule is NC(=O)C(CC(F)F)c1ccc2nn(C(F)F)cc2c1. The van der Waals surface area contributed by atoms with E-state index in [0.717, 1.165) is 6.20 Å². The fourth-order valence-corrected chi connectivity index (χ4v) is 1.97. The Morgan fingerprint density at radius 1 is 1.30 bits per heavy atom. The molecule has 0 aliphatic carbocycles. The van der Waals surface area contributed by atoms with Gasteiger partial charge in [-0.25, -0.2) is 13.5 Å². The van der Waals surface area contributed by atoms with Gasteiger partial charge in [-0.3, -0.25) is 4.79 Å². The molecule has 4 nitrogen and oxygen atoms in total. The van der Waals surface area contributed by atoms with Gasteiger partial charge in [0.25, 0.3) is 0 Å². The molecule has 2 aromatic rings. The summed E-state index contributed by atoms with van der Waals surface area (Å²) in [5.74, 6) is -2.04. The summed E-state index contributed by atoms with van der Waals surface area (Å²) in [5, 5.41) is 3.96. The van der Waals surface area contributed by atoms with Crippen molar-refractivity contribution in [2.75, 3.05) is 0 Å². The third-order valence-corrected chi connectivity index (χ3v) is 2.91. The molecule has 20 heavy (non-hydrogen) atoms. The van der Waals surface area contributed by atoms with E-state index in [0.29, 0.717) is 10.1 Å². The van der Waals surface area contributed by atoms with Gasteiger partial charge in [0, 0.05) is 18.0 Å². The normalized spacial score (nSPS) is 13.3. The Morgan fingerprint density at radius 3 is 2.55 bits per heavy atom. The second kappa shape index (κ2) is 5.48. The van der Waals surface area contributed by atoms with E-state index < -0.39 is 31.2 Å². The number of alkyl halides is 4. The van der Waals surface area contributed by atoms with Crippen LogP contribution in [0.3, 0.4) is 0 Å². The number of fused-ring (bicyclic) bond motifs is 1. The summed E-state index contributed by atoms with van der Waals surface area (Å²) in [5.41, 5.74) is 5.65. The van der Waals surface area contributed by atoms with E-state index in [2.05, 4.69) is 5.10 Å². The van der Waals surface area contributed by atoms with Crippen LogP contribution in [0.2, 0.25) is 0 Å². The summed E-state index contributed by atoms with van der Waals surface area (Å²) >= 11 is 0. The fraction of sp³-hybridized carbons (Fsp3) is 0.333. The molecule has 108 valence electrons. The number of carbonyl (C=O) groups excluding carboxylic acids is 1. The predicted octanol–water partition coefficient (Wildman–Crippen LogP) is 2.66. The van der Waals surface area contributed by atoms with E-state index >= 15 is 0 Å². The number of aromatic nitrogens is 2. The summed E-state index contributed by atoms with van der Waals surface area (Å²) in [4.78, 5) is 11.2. The molecule has 0 fully saturated rings. The van der Waals surface area contributed by atoms with Crippen LogP contribution >= 0.6 is 0 Å². The van der Waals surface area contributed by atoms with E-state index in [1.807, 2.05) is 0 Å². The molecule has 2 N–H and O–H groups in total. The maximum absolute atomic E-state index is 12.5. The monoisotopic (exact) mass is 289 g/mol. The Bertz CT molecular complexity index is 626. The van der Waals surface area contributed by atoms with E-state index in [1.54, 1.807) is 0 Å². The van der Waals surface area contributed by atoms with Crippen LogP contribution in [-0.2, 0) is 4.79 Å². The molecule has 1 heterocycles. The van der Waals surface area contributed by atoms with Crippen LogP contribution in [-0.4, -0.2) is 22.1 Å². The first kappa shape index (κ1) is 14.3. The van der Waals surface area contributed by atoms with E-state index in [4.69, 9.17) is 5.73 Å². The molecule has 1 amide bonds. The van der Waals surface area contributed by atoms with Gasteiger partial charge in [0.2, 0.25) is 12.3 Å². The van der Waals surface area contributed by atoms with Crippen molar-refractivity contribution >= 4 is 16.8 Å². The first-order valence-corrected chi connectivity index (χ1v) is 5.73. The number of rotatable bonds is 5. The zero-order chi connectivity index (χ0) is 14.9. The highest BCUT2D eigenvalue weighted by Gasteiger charge is 2.23. The Labute approximate surface area is 111 Å². The van der Waals surface area contributed by atoms with Gasteiger partial charge in [-0.05, 0) is 17.7 Å². The van der Waals surface area contributed by atoms with Gasteiger partial charge in [-0.1, -0.05) is 6.07 Å². The van der Waals surface area contributed by atoms with Gasteiger partial charge in [0.1, 0.15) is 0 Å². The van der Waals surface area contributed by atoms with Crippen molar-refractivity contribution in [2.24, 2.45) is 5.73 Å². The van der Waals surface area contributed by atoms with Gasteiger partial charge in [0.05, 0.1) is 11.4 Å². The number of hydrogen-bond donors (Lipinski definition) is 1. The quantitative estimate of drug-likeness (QED) is 0.860. The first-order chi connectivity index (χ1) is 9.38. The molecule has 8 heteroatoms. The lowest BCUT2D eigenvalue weighted by molar-refractivity contribution is -0.120. The third-order valence-electron chi connectivity index (χ3n) is 2.91. The molecule has 1 aromatic heterocycles. The first-order valence-electron chi connectivity index (χ1n) is 5.73. The summed E-state index contributed by atoms with van der Waals surface area (Å²) in [6.45, 7) is -2.79. The molecule has 1 aromatic carbocycles. The second-order valence-electron chi connectivity index (χ2n) is 4.29. The fourth-order valence-electron chi connectivity index (χ4n) is 1.97. The van der Waals surface area contributed by atoms with Gasteiger partial charge >= 0.3 is 6.55 Å². The summed E-state index contributed by atoms with van der Waals surface area (Å²) < 4.78 is 50.3. The average molecular weight is 289 g/mol. The lowest BCUT2D eigenvalue weighted by Gasteiger charge is -2.13. The number of nitrogens with two attached hydrogens (primary N) is 1. The van der Waals surface area contributed by atoms with Gasteiger partial charge in [-0.2, -0.15) is 13.9 Å². The van der Waals surface area contributed by atoms with Crippen LogP contribution in [0.4, 0.5) is 17.6 Å². The van der Waals surface area contributed by atoms with Crippen LogP contribution in [0.1, 0.15) is 24.5 Å². The van der Waals surface area contributed by atoms with Crippen molar-refractivity contribution in [3.05, 3.63) is 30.0 Å². The van der Waals surface area contributed by atoms with Crippen molar-refractivity contribution < 1.29 is 22.4 Å². The molecule has 0 radical (unpaired) electrons. The third kappa shape index (κ3) is 2.89. The predicted molar refractivity (Wildman–Crippen MR) is 63.5 cm³/mol. The minimum atomic E-state index is -2.79. The molecule has 0 aliphatic heterocycles. The zero-order valence-corrected chi connectivity index (χ0v) is 10.1. The highest BCUT2D eigenvalue weighted by molar-refractivity contribution is 5.85. The lowest BCUT2D eigenvalue weighted by atomic mass is 9.94. The Morgan fingerprint density at radius 2 is 2.00 bits per heavy atom. The molecule has 0 aliphatic rings. The molecule has 0 bridgehead atoms. The highest BCUT2D eigenvalue weighted by Crippen LogP contribution is 2.26. The maximum Gasteiger partial charge on any atom is 0.333 e. The van der Waals surface area contributed by atoms with E-state index in [1.165, 1.54) is 18.2 Å². The minimum absolute atomic E-state index is 0.263. The van der Waals surface area contributed by atoms with Gasteiger partial charge in [0.15, 0.2) is 0 Å². The molecule has 2 rings (SSSR count). The molecule has 1 atom stereocenters. The Hall–Kier alpha value is -2.12. The van der Waals surface area contributed by atoms with Gasteiger partial charge in [-0.15, -0.1) is 0 Å². The number of primary amides is 1. The van der Waals surface area contributed by atoms with Crippen LogP contribution < -0.4 is 5.73 Å². The Kier molecular flexibility index (Phi) is 3.91. The lowest BCUT2D eigenvalue weighted by Crippen LogP contribution is -2.23. The van der Waals surface area contributed by atoms with Crippen molar-refractivity contribution in [1.82, 2.24) is 9.78 Å². The van der Waals surface area contributed by atoms with Crippen molar-refractivity contribution in [3.63, 3.8) is 0 Å². The molecule has 1 unspecified atom stereocenters. The molecular weight excluding hydrogens is 278 g/mol. The van der Waals surface area contributed by atoms with Crippen LogP contribution in [0.25, 0.3) is 10.9 Å². The number of hydrogen-bond acceptors (Lipinski definition) is 2. The average Bonchev–Trinajstić information content (AvgIpc) is 2.78. The highest BCUT2D eigenvalue weighted by atomic mass is 19.3. The second-order valence-corrected chi connectivity index (χ2v) is 4.29. The number of amides is 1. The van der Waals surface area contributed by atoms with Crippen molar-refractivity contribution in [1.29, 1.82) is 0 Å². The number of benzene rings is 1. The molecule has 0 spiro atoms. The number of nitrogens with zero attached hydrogens (tertiary/aromatic N) is 2. The van der Waals surface area contributed by atoms with Crippen LogP contribution in [0.5, 0.6) is 0 Å². The number of carbonyl (C=O) groups is 1. The molecular formula is C12H11F4N3O. The molecule has 0 saturated heterocycles. The summed E-state index contributed by atoms with van der Waals surface area (Å²) in [6.07, 6.45) is -2.31. The van der Waals surface area contributed by atoms with Crippen LogP contribution in [0, 0.1) is 0 Å². The van der Waals surface area contributed by atoms with Crippen LogP contribution in [0.15, 0.2) is 24.4 Å². The minimum Gasteiger partial charge on any atom is -0.369 e. The van der Waals surface area contributed by atoms with E-state index in [-0.39, 0.29) is 11.1 Å². The van der Waals surface area contributed by atoms with Gasteiger partial charge < -0.3 is 5.73 Å². The standard InChI is InChI=1S/C12H11F4N3O/c13-10(14)4-8(11(17)20)6-1-2-9-7(3-6)5-19(18-9)12(15)16/h1-3,5,8,10,12H,4H2,(H2,17,20). The zero-order valence-electron chi connectivity index (χ0n) is 10.1. The molecule has 0 saturated carbocycles. The number of halogens is 4. The Balaban J connectivity index is 2.40. The summed E-state index contributed by atoms with van der Waals surface area (Å²) in [6, 6.07) is 4.16. The topological polar surface area (TPSA) is 60.9 Å². The van der Waals surface area contributed by atoms with Crippen molar-refractivity contribution in [2.45, 2.75) is 25.3 Å². The smallest absolute Gasteiger partial charge is 0.333 e. The van der Waals surface area contributed by atoms with E-state index in [9.17, 15) is 22.4 Å². The summed E-state index contributed by atoms with van der Waals surface area (Å²) in [7, 11) is 0. The maximum atomic E-state index is 12.5.